The van der Waals surface area contributed by atoms with Crippen LogP contribution in [0.3, 0.4) is 0 Å². The number of anilines is 1. The predicted molar refractivity (Wildman–Crippen MR) is 115 cm³/mol. The lowest BCUT2D eigenvalue weighted by Gasteiger charge is -2.17. The molecular formula is C24H24N2O4. The Bertz CT molecular complexity index is 1140. The number of hydrogen-bond donors (Lipinski definition) is 2. The van der Waals surface area contributed by atoms with Crippen molar-refractivity contribution in [3.05, 3.63) is 71.4 Å². The zero-order valence-corrected chi connectivity index (χ0v) is 16.6. The molecule has 5 rings (SSSR count). The Morgan fingerprint density at radius 3 is 2.70 bits per heavy atom. The number of aliphatic hydroxyl groups excluding tert-OH is 1. The number of pyridine rings is 1. The Labute approximate surface area is 176 Å². The van der Waals surface area contributed by atoms with Crippen LogP contribution in [0.2, 0.25) is 0 Å². The second-order valence-electron chi connectivity index (χ2n) is 7.80. The maximum Gasteiger partial charge on any atom is 0.236 e. The number of benzene rings is 2. The average molecular weight is 404 g/mol. The number of aryl methyl sites for hydroxylation is 1. The molecule has 1 aromatic heterocycles. The molecule has 1 aliphatic heterocycles. The molecule has 0 unspecified atom stereocenters. The van der Waals surface area contributed by atoms with Gasteiger partial charge in [-0.2, -0.15) is 0 Å². The summed E-state index contributed by atoms with van der Waals surface area (Å²) in [5, 5.41) is 12.6. The van der Waals surface area contributed by atoms with Crippen LogP contribution in [0.1, 0.15) is 31.0 Å². The Morgan fingerprint density at radius 1 is 1.13 bits per heavy atom. The lowest BCUT2D eigenvalue weighted by atomic mass is 9.94. The molecule has 3 aromatic rings. The summed E-state index contributed by atoms with van der Waals surface area (Å²) in [7, 11) is 0. The van der Waals surface area contributed by atoms with Crippen LogP contribution in [0.5, 0.6) is 11.5 Å². The first-order valence-electron chi connectivity index (χ1n) is 9.98. The normalized spacial score (nSPS) is 15.7. The maximum atomic E-state index is 13.1. The molecule has 2 aromatic carbocycles. The van der Waals surface area contributed by atoms with Gasteiger partial charge >= 0.3 is 0 Å². The number of hydrogen-bond acceptors (Lipinski definition) is 5. The largest absolute Gasteiger partial charge is 0.454 e. The fourth-order valence-electron chi connectivity index (χ4n) is 4.03. The molecule has 0 atom stereocenters. The molecule has 0 saturated heterocycles. The number of carbonyl (C=O) groups excluding carboxylic acids is 1. The van der Waals surface area contributed by atoms with Crippen molar-refractivity contribution in [2.45, 2.75) is 31.8 Å². The minimum atomic E-state index is -0.543. The van der Waals surface area contributed by atoms with Crippen LogP contribution in [0.4, 0.5) is 5.82 Å². The van der Waals surface area contributed by atoms with Gasteiger partial charge in [-0.3, -0.25) is 4.79 Å². The molecule has 6 nitrogen and oxygen atoms in total. The van der Waals surface area contributed by atoms with Crippen LogP contribution < -0.4 is 14.8 Å². The van der Waals surface area contributed by atoms with E-state index in [9.17, 15) is 9.90 Å². The van der Waals surface area contributed by atoms with Gasteiger partial charge in [0.15, 0.2) is 11.5 Å². The third kappa shape index (κ3) is 3.09. The quantitative estimate of drug-likeness (QED) is 0.666. The van der Waals surface area contributed by atoms with E-state index in [0.717, 1.165) is 40.7 Å². The van der Waals surface area contributed by atoms with E-state index in [1.807, 2.05) is 55.5 Å². The summed E-state index contributed by atoms with van der Waals surface area (Å²) >= 11 is 0. The summed E-state index contributed by atoms with van der Waals surface area (Å²) in [6.07, 6.45) is 3.33. The van der Waals surface area contributed by atoms with E-state index >= 15 is 0 Å². The summed E-state index contributed by atoms with van der Waals surface area (Å²) in [6, 6.07) is 15.3. The predicted octanol–water partition coefficient (Wildman–Crippen LogP) is 4.19. The highest BCUT2D eigenvalue weighted by molar-refractivity contribution is 6.01. The SMILES string of the molecule is Cc1cc(NC(=O)C2(c3ccc4c(c3)OCO4)CC2)ncc1-c1ccccc1CO.[HH]. The third-order valence-electron chi connectivity index (χ3n) is 5.94. The van der Waals surface area contributed by atoms with Crippen LogP contribution in [-0.2, 0) is 16.8 Å². The van der Waals surface area contributed by atoms with Crippen LogP contribution in [0.25, 0.3) is 11.1 Å². The summed E-state index contributed by atoms with van der Waals surface area (Å²) in [4.78, 5) is 17.6. The third-order valence-corrected chi connectivity index (χ3v) is 5.94. The molecule has 2 N–H and O–H groups in total. The van der Waals surface area contributed by atoms with Gasteiger partial charge in [0.2, 0.25) is 12.7 Å². The summed E-state index contributed by atoms with van der Waals surface area (Å²) in [5.41, 5.74) is 4.11. The summed E-state index contributed by atoms with van der Waals surface area (Å²) < 4.78 is 10.8. The van der Waals surface area contributed by atoms with Gasteiger partial charge in [0.05, 0.1) is 12.0 Å². The Hall–Kier alpha value is -3.38. The average Bonchev–Trinajstić information content (AvgIpc) is 3.45. The number of amides is 1. The summed E-state index contributed by atoms with van der Waals surface area (Å²) in [6.45, 7) is 2.16. The van der Waals surface area contributed by atoms with E-state index in [0.29, 0.717) is 17.3 Å². The van der Waals surface area contributed by atoms with Crippen molar-refractivity contribution < 1.29 is 20.8 Å². The van der Waals surface area contributed by atoms with Gasteiger partial charge in [0.1, 0.15) is 5.82 Å². The highest BCUT2D eigenvalue weighted by Crippen LogP contribution is 2.51. The number of rotatable bonds is 5. The molecule has 1 fully saturated rings. The fraction of sp³-hybridized carbons (Fsp3) is 0.250. The minimum absolute atomic E-state index is 0. The number of nitrogens with zero attached hydrogens (tertiary/aromatic N) is 1. The molecule has 1 amide bonds. The first-order chi connectivity index (χ1) is 14.6. The smallest absolute Gasteiger partial charge is 0.236 e. The van der Waals surface area contributed by atoms with Crippen LogP contribution in [0, 0.1) is 6.92 Å². The maximum absolute atomic E-state index is 13.1. The molecule has 30 heavy (non-hydrogen) atoms. The second-order valence-corrected chi connectivity index (χ2v) is 7.80. The van der Waals surface area contributed by atoms with Gasteiger partial charge in [0, 0.05) is 13.2 Å². The zero-order chi connectivity index (χ0) is 20.7. The number of aromatic nitrogens is 1. The van der Waals surface area contributed by atoms with Gasteiger partial charge in [-0.15, -0.1) is 0 Å². The Kier molecular flexibility index (Phi) is 4.44. The van der Waals surface area contributed by atoms with Gasteiger partial charge in [0.25, 0.3) is 0 Å². The molecule has 0 radical (unpaired) electrons. The molecule has 0 spiro atoms. The van der Waals surface area contributed by atoms with Gasteiger partial charge in [-0.1, -0.05) is 30.3 Å². The van der Waals surface area contributed by atoms with Crippen molar-refractivity contribution in [3.8, 4) is 22.6 Å². The number of nitrogens with one attached hydrogen (secondary N) is 1. The number of ether oxygens (including phenoxy) is 2. The number of carbonyl (C=O) groups is 1. The van der Waals surface area contributed by atoms with Crippen molar-refractivity contribution in [1.82, 2.24) is 4.98 Å². The van der Waals surface area contributed by atoms with Crippen molar-refractivity contribution in [2.24, 2.45) is 0 Å². The van der Waals surface area contributed by atoms with E-state index in [2.05, 4.69) is 10.3 Å². The van der Waals surface area contributed by atoms with Crippen molar-refractivity contribution >= 4 is 11.7 Å². The molecule has 2 heterocycles. The van der Waals surface area contributed by atoms with Crippen molar-refractivity contribution in [1.29, 1.82) is 0 Å². The first kappa shape index (κ1) is 18.6. The van der Waals surface area contributed by atoms with Crippen molar-refractivity contribution in [2.75, 3.05) is 12.1 Å². The molecule has 2 aliphatic rings. The second kappa shape index (κ2) is 7.15. The van der Waals surface area contributed by atoms with E-state index in [1.54, 1.807) is 6.20 Å². The standard InChI is InChI=1S/C24H22N2O4.H2/c1-15-10-22(25-12-19(15)18-5-3-2-4-16(18)13-27)26-23(28)24(8-9-24)17-6-7-20-21(11-17)30-14-29-20;/h2-7,10-12,27H,8-9,13-14H2,1H3,(H,25,26,28);1H. The van der Waals surface area contributed by atoms with E-state index < -0.39 is 5.41 Å². The lowest BCUT2D eigenvalue weighted by Crippen LogP contribution is -2.28. The van der Waals surface area contributed by atoms with Gasteiger partial charge in [-0.05, 0) is 60.2 Å². The number of fused-ring (bicyclic) bond motifs is 1. The Balaban J connectivity index is 0.00000231. The lowest BCUT2D eigenvalue weighted by molar-refractivity contribution is -0.118. The van der Waals surface area contributed by atoms with E-state index in [1.165, 1.54) is 0 Å². The minimum Gasteiger partial charge on any atom is -0.454 e. The summed E-state index contributed by atoms with van der Waals surface area (Å²) in [5.74, 6) is 1.87. The molecular weight excluding hydrogens is 380 g/mol. The van der Waals surface area contributed by atoms with Crippen LogP contribution >= 0.6 is 0 Å². The highest BCUT2D eigenvalue weighted by Gasteiger charge is 2.51. The number of aliphatic hydroxyl groups is 1. The van der Waals surface area contributed by atoms with Gasteiger partial charge < -0.3 is 19.9 Å². The molecule has 154 valence electrons. The monoisotopic (exact) mass is 404 g/mol. The molecule has 1 saturated carbocycles. The molecule has 0 bridgehead atoms. The molecule has 6 heteroatoms. The first-order valence-corrected chi connectivity index (χ1v) is 9.98. The van der Waals surface area contributed by atoms with Crippen molar-refractivity contribution in [3.63, 3.8) is 0 Å². The van der Waals surface area contributed by atoms with E-state index in [-0.39, 0.29) is 20.7 Å². The van der Waals surface area contributed by atoms with E-state index in [4.69, 9.17) is 9.47 Å². The topological polar surface area (TPSA) is 80.7 Å². The van der Waals surface area contributed by atoms with Gasteiger partial charge in [-0.25, -0.2) is 4.98 Å². The Morgan fingerprint density at radius 2 is 1.93 bits per heavy atom. The van der Waals surface area contributed by atoms with Crippen LogP contribution in [0.15, 0.2) is 54.7 Å². The fourth-order valence-corrected chi connectivity index (χ4v) is 4.03. The highest BCUT2D eigenvalue weighted by atomic mass is 16.7. The molecule has 1 aliphatic carbocycles. The zero-order valence-electron chi connectivity index (χ0n) is 16.6. The van der Waals surface area contributed by atoms with Crippen LogP contribution in [-0.4, -0.2) is 22.8 Å².